The standard InChI is InChI=1S/C14H21NO/c1-3-7-15(8-4-2)14(16)13-10-11-5-6-12(13)9-11/h3-4,11-13H,1-2,5-10H2/t11-,12-,13+/m0/s1. The lowest BCUT2D eigenvalue weighted by atomic mass is 9.87. The van der Waals surface area contributed by atoms with Crippen molar-refractivity contribution in [2.45, 2.75) is 25.7 Å². The minimum Gasteiger partial charge on any atom is -0.335 e. The second-order valence-electron chi connectivity index (χ2n) is 5.10. The van der Waals surface area contributed by atoms with Gasteiger partial charge < -0.3 is 4.90 Å². The van der Waals surface area contributed by atoms with Crippen LogP contribution in [0.25, 0.3) is 0 Å². The third kappa shape index (κ3) is 2.06. The van der Waals surface area contributed by atoms with Crippen molar-refractivity contribution in [3.8, 4) is 0 Å². The highest BCUT2D eigenvalue weighted by Crippen LogP contribution is 2.48. The predicted molar refractivity (Wildman–Crippen MR) is 65.9 cm³/mol. The molecule has 0 aromatic rings. The van der Waals surface area contributed by atoms with E-state index in [1.165, 1.54) is 19.3 Å². The molecule has 0 aromatic carbocycles. The SMILES string of the molecule is C=CCN(CC=C)C(=O)[C@@H]1C[C@H]2CC[C@H]1C2. The van der Waals surface area contributed by atoms with Gasteiger partial charge in [-0.05, 0) is 31.1 Å². The van der Waals surface area contributed by atoms with E-state index in [2.05, 4.69) is 13.2 Å². The Bertz CT molecular complexity index is 287. The molecule has 2 nitrogen and oxygen atoms in total. The van der Waals surface area contributed by atoms with Crippen molar-refractivity contribution in [2.75, 3.05) is 13.1 Å². The molecule has 2 saturated carbocycles. The summed E-state index contributed by atoms with van der Waals surface area (Å²) < 4.78 is 0. The lowest BCUT2D eigenvalue weighted by Gasteiger charge is -2.27. The summed E-state index contributed by atoms with van der Waals surface area (Å²) in [6.07, 6.45) is 8.61. The monoisotopic (exact) mass is 219 g/mol. The van der Waals surface area contributed by atoms with Gasteiger partial charge in [-0.3, -0.25) is 4.79 Å². The van der Waals surface area contributed by atoms with Gasteiger partial charge in [0, 0.05) is 19.0 Å². The third-order valence-electron chi connectivity index (χ3n) is 4.07. The predicted octanol–water partition coefficient (Wildman–Crippen LogP) is 2.62. The lowest BCUT2D eigenvalue weighted by molar-refractivity contribution is -0.136. The van der Waals surface area contributed by atoms with Crippen LogP contribution in [0.5, 0.6) is 0 Å². The van der Waals surface area contributed by atoms with E-state index in [0.29, 0.717) is 30.8 Å². The molecule has 0 N–H and O–H groups in total. The van der Waals surface area contributed by atoms with Gasteiger partial charge in [-0.25, -0.2) is 0 Å². The maximum absolute atomic E-state index is 12.3. The number of hydrogen-bond acceptors (Lipinski definition) is 1. The molecule has 2 heteroatoms. The number of carbonyl (C=O) groups is 1. The number of nitrogens with zero attached hydrogens (tertiary/aromatic N) is 1. The molecular weight excluding hydrogens is 198 g/mol. The van der Waals surface area contributed by atoms with Crippen molar-refractivity contribution < 1.29 is 4.79 Å². The molecule has 2 fully saturated rings. The Hall–Kier alpha value is -1.05. The summed E-state index contributed by atoms with van der Waals surface area (Å²) in [6, 6.07) is 0. The van der Waals surface area contributed by atoms with Crippen LogP contribution in [0.3, 0.4) is 0 Å². The molecule has 1 amide bonds. The van der Waals surface area contributed by atoms with Gasteiger partial charge in [-0.15, -0.1) is 13.2 Å². The quantitative estimate of drug-likeness (QED) is 0.651. The first-order valence-corrected chi connectivity index (χ1v) is 6.26. The Morgan fingerprint density at radius 3 is 2.31 bits per heavy atom. The highest BCUT2D eigenvalue weighted by Gasteiger charge is 2.44. The van der Waals surface area contributed by atoms with E-state index in [0.717, 1.165) is 12.3 Å². The molecule has 0 saturated heterocycles. The van der Waals surface area contributed by atoms with E-state index in [4.69, 9.17) is 0 Å². The topological polar surface area (TPSA) is 20.3 Å². The fraction of sp³-hybridized carbons (Fsp3) is 0.643. The zero-order valence-electron chi connectivity index (χ0n) is 9.90. The van der Waals surface area contributed by atoms with Gasteiger partial charge in [-0.1, -0.05) is 18.6 Å². The number of rotatable bonds is 5. The Labute approximate surface area is 98.0 Å². The van der Waals surface area contributed by atoms with E-state index in [9.17, 15) is 4.79 Å². The zero-order chi connectivity index (χ0) is 11.5. The van der Waals surface area contributed by atoms with Crippen LogP contribution in [0.1, 0.15) is 25.7 Å². The Balaban J connectivity index is 1.99. The molecule has 88 valence electrons. The molecular formula is C14H21NO. The minimum atomic E-state index is 0.290. The second kappa shape index (κ2) is 4.86. The van der Waals surface area contributed by atoms with E-state index < -0.39 is 0 Å². The Kier molecular flexibility index (Phi) is 3.47. The first-order valence-electron chi connectivity index (χ1n) is 6.26. The fourth-order valence-electron chi connectivity index (χ4n) is 3.35. The molecule has 16 heavy (non-hydrogen) atoms. The molecule has 2 aliphatic carbocycles. The summed E-state index contributed by atoms with van der Waals surface area (Å²) in [6.45, 7) is 8.73. The molecule has 2 bridgehead atoms. The fourth-order valence-corrected chi connectivity index (χ4v) is 3.35. The van der Waals surface area contributed by atoms with Crippen molar-refractivity contribution in [3.05, 3.63) is 25.3 Å². The van der Waals surface area contributed by atoms with Crippen molar-refractivity contribution in [3.63, 3.8) is 0 Å². The van der Waals surface area contributed by atoms with E-state index in [1.807, 2.05) is 4.90 Å². The second-order valence-corrected chi connectivity index (χ2v) is 5.10. The first-order chi connectivity index (χ1) is 7.76. The van der Waals surface area contributed by atoms with Gasteiger partial charge in [-0.2, -0.15) is 0 Å². The highest BCUT2D eigenvalue weighted by molar-refractivity contribution is 5.80. The summed E-state index contributed by atoms with van der Waals surface area (Å²) in [5, 5.41) is 0. The van der Waals surface area contributed by atoms with Crippen molar-refractivity contribution in [2.24, 2.45) is 17.8 Å². The van der Waals surface area contributed by atoms with Crippen LogP contribution in [0.2, 0.25) is 0 Å². The molecule has 2 rings (SSSR count). The van der Waals surface area contributed by atoms with Crippen LogP contribution in [-0.4, -0.2) is 23.9 Å². The van der Waals surface area contributed by atoms with E-state index in [1.54, 1.807) is 12.2 Å². The third-order valence-corrected chi connectivity index (χ3v) is 4.07. The number of amides is 1. The maximum Gasteiger partial charge on any atom is 0.226 e. The number of fused-ring (bicyclic) bond motifs is 2. The lowest BCUT2D eigenvalue weighted by Crippen LogP contribution is -2.38. The van der Waals surface area contributed by atoms with Gasteiger partial charge in [0.05, 0.1) is 0 Å². The summed E-state index contributed by atoms with van der Waals surface area (Å²) in [5.74, 6) is 2.11. The van der Waals surface area contributed by atoms with Gasteiger partial charge in [0.25, 0.3) is 0 Å². The zero-order valence-corrected chi connectivity index (χ0v) is 9.90. The van der Waals surface area contributed by atoms with Crippen LogP contribution < -0.4 is 0 Å². The molecule has 3 atom stereocenters. The molecule has 0 radical (unpaired) electrons. The summed E-state index contributed by atoms with van der Waals surface area (Å²) in [7, 11) is 0. The van der Waals surface area contributed by atoms with Gasteiger partial charge >= 0.3 is 0 Å². The van der Waals surface area contributed by atoms with E-state index in [-0.39, 0.29) is 0 Å². The van der Waals surface area contributed by atoms with Crippen LogP contribution >= 0.6 is 0 Å². The molecule has 2 aliphatic rings. The van der Waals surface area contributed by atoms with Gasteiger partial charge in [0.1, 0.15) is 0 Å². The van der Waals surface area contributed by atoms with Crippen molar-refractivity contribution >= 4 is 5.91 Å². The van der Waals surface area contributed by atoms with Crippen molar-refractivity contribution in [1.82, 2.24) is 4.90 Å². The summed E-state index contributed by atoms with van der Waals surface area (Å²) in [4.78, 5) is 14.2. The number of carbonyl (C=O) groups excluding carboxylic acids is 1. The summed E-state index contributed by atoms with van der Waals surface area (Å²) >= 11 is 0. The normalized spacial score (nSPS) is 31.4. The van der Waals surface area contributed by atoms with Gasteiger partial charge in [0.15, 0.2) is 0 Å². The molecule has 0 aromatic heterocycles. The smallest absolute Gasteiger partial charge is 0.226 e. The average molecular weight is 219 g/mol. The van der Waals surface area contributed by atoms with Crippen molar-refractivity contribution in [1.29, 1.82) is 0 Å². The molecule has 0 aliphatic heterocycles. The van der Waals surface area contributed by atoms with Crippen LogP contribution in [0, 0.1) is 17.8 Å². The first kappa shape index (κ1) is 11.4. The molecule has 0 heterocycles. The van der Waals surface area contributed by atoms with Crippen LogP contribution in [0.4, 0.5) is 0 Å². The van der Waals surface area contributed by atoms with Crippen LogP contribution in [0.15, 0.2) is 25.3 Å². The minimum absolute atomic E-state index is 0.290. The highest BCUT2D eigenvalue weighted by atomic mass is 16.2. The number of hydrogen-bond donors (Lipinski definition) is 0. The maximum atomic E-state index is 12.3. The average Bonchev–Trinajstić information content (AvgIpc) is 2.89. The van der Waals surface area contributed by atoms with Crippen LogP contribution in [-0.2, 0) is 4.79 Å². The largest absolute Gasteiger partial charge is 0.335 e. The van der Waals surface area contributed by atoms with E-state index >= 15 is 0 Å². The van der Waals surface area contributed by atoms with Gasteiger partial charge in [0.2, 0.25) is 5.91 Å². The molecule has 0 unspecified atom stereocenters. The Morgan fingerprint density at radius 2 is 1.88 bits per heavy atom. The summed E-state index contributed by atoms with van der Waals surface area (Å²) in [5.41, 5.74) is 0. The molecule has 0 spiro atoms. The Morgan fingerprint density at radius 1 is 1.19 bits per heavy atom.